The van der Waals surface area contributed by atoms with Crippen molar-refractivity contribution in [2.24, 2.45) is 33.3 Å². The smallest absolute Gasteiger partial charge is 0.189 e. The van der Waals surface area contributed by atoms with E-state index in [2.05, 4.69) is 25.3 Å². The number of hydrogen-bond acceptors (Lipinski definition) is 10. The van der Waals surface area contributed by atoms with Gasteiger partial charge in [0.15, 0.2) is 10.7 Å². The van der Waals surface area contributed by atoms with E-state index in [9.17, 15) is 4.55 Å². The summed E-state index contributed by atoms with van der Waals surface area (Å²) in [6, 6.07) is 9.26. The van der Waals surface area contributed by atoms with E-state index in [1.165, 1.54) is 0 Å². The summed E-state index contributed by atoms with van der Waals surface area (Å²) in [7, 11) is 0. The number of aromatic nitrogens is 2. The van der Waals surface area contributed by atoms with Crippen LogP contribution in [0, 0.1) is 0 Å². The second-order valence-electron chi connectivity index (χ2n) is 6.13. The van der Waals surface area contributed by atoms with Crippen LogP contribution in [-0.4, -0.2) is 33.4 Å². The Hall–Kier alpha value is -2.36. The van der Waals surface area contributed by atoms with Crippen LogP contribution in [0.3, 0.4) is 0 Å². The van der Waals surface area contributed by atoms with Gasteiger partial charge in [0, 0.05) is 12.1 Å². The molecule has 0 aliphatic rings. The number of imidazole rings is 1. The highest BCUT2D eigenvalue weighted by molar-refractivity contribution is 7.98. The van der Waals surface area contributed by atoms with E-state index in [-0.39, 0.29) is 5.84 Å². The average Bonchev–Trinajstić information content (AvgIpc) is 3.19. The van der Waals surface area contributed by atoms with Crippen molar-refractivity contribution in [2.75, 3.05) is 13.1 Å². The minimum absolute atomic E-state index is 0.0999. The second-order valence-corrected chi connectivity index (χ2v) is 8.04. The first-order valence-electron chi connectivity index (χ1n) is 8.91. The van der Waals surface area contributed by atoms with Gasteiger partial charge in [0.1, 0.15) is 5.82 Å². The van der Waals surface area contributed by atoms with Crippen LogP contribution in [0.4, 0.5) is 0 Å². The van der Waals surface area contributed by atoms with Crippen LogP contribution in [0.15, 0.2) is 45.2 Å². The number of amidine groups is 1. The molecule has 2 aromatic carbocycles. The molecule has 3 rings (SSSR count). The van der Waals surface area contributed by atoms with E-state index in [0.29, 0.717) is 40.8 Å². The number of nitrogens with two attached hydrogens (primary N) is 5. The minimum Gasteiger partial charge on any atom is -0.593 e. The van der Waals surface area contributed by atoms with E-state index < -0.39 is 11.4 Å². The van der Waals surface area contributed by atoms with Crippen molar-refractivity contribution in [1.29, 1.82) is 0 Å². The molecule has 13 heteroatoms. The van der Waals surface area contributed by atoms with Gasteiger partial charge < -0.3 is 26.7 Å². The maximum atomic E-state index is 12.7. The summed E-state index contributed by atoms with van der Waals surface area (Å²) in [5.41, 5.74) is 23.2. The normalized spacial score (nSPS) is 13.0. The molecule has 160 valence electrons. The van der Waals surface area contributed by atoms with Crippen molar-refractivity contribution in [3.8, 4) is 11.1 Å². The summed E-state index contributed by atoms with van der Waals surface area (Å²) >= 11 is -0.608. The van der Waals surface area contributed by atoms with E-state index in [4.69, 9.17) is 28.2 Å². The predicted octanol–water partition coefficient (Wildman–Crippen LogP) is -0.691. The highest BCUT2D eigenvalue weighted by Crippen LogP contribution is 2.35. The zero-order chi connectivity index (χ0) is 21.7. The van der Waals surface area contributed by atoms with Crippen LogP contribution in [0.1, 0.15) is 11.4 Å². The third-order valence-corrected chi connectivity index (χ3v) is 6.29. The molecule has 1 unspecified atom stereocenters. The Labute approximate surface area is 180 Å². The lowest BCUT2D eigenvalue weighted by Gasteiger charge is -2.18. The molecule has 0 bridgehead atoms. The van der Waals surface area contributed by atoms with E-state index >= 15 is 0 Å². The van der Waals surface area contributed by atoms with Crippen molar-refractivity contribution < 1.29 is 4.55 Å². The molecule has 0 saturated heterocycles. The Kier molecular flexibility index (Phi) is 7.52. The number of fused-ring (bicyclic) bond motifs is 1. The summed E-state index contributed by atoms with van der Waals surface area (Å²) in [5, 5.41) is 9.85. The van der Waals surface area contributed by atoms with Crippen molar-refractivity contribution in [2.45, 2.75) is 16.3 Å². The summed E-state index contributed by atoms with van der Waals surface area (Å²) in [6.07, 6.45) is 0. The van der Waals surface area contributed by atoms with Crippen LogP contribution in [0.2, 0.25) is 0 Å². The topological polar surface area (TPSA) is 218 Å². The van der Waals surface area contributed by atoms with E-state index in [0.717, 1.165) is 34.1 Å². The number of rotatable bonds is 9. The van der Waals surface area contributed by atoms with Crippen LogP contribution in [0.25, 0.3) is 22.2 Å². The van der Waals surface area contributed by atoms with Gasteiger partial charge in [-0.3, -0.25) is 5.14 Å². The second kappa shape index (κ2) is 10.1. The van der Waals surface area contributed by atoms with Crippen molar-refractivity contribution >= 4 is 40.2 Å². The molecule has 11 nitrogen and oxygen atoms in total. The Bertz CT molecular complexity index is 1050. The molecule has 0 spiro atoms. The molecular formula is C17H24N10OS2. The largest absolute Gasteiger partial charge is 0.593 e. The molecule has 30 heavy (non-hydrogen) atoms. The van der Waals surface area contributed by atoms with Gasteiger partial charge in [-0.2, -0.15) is 0 Å². The van der Waals surface area contributed by atoms with Crippen LogP contribution in [-0.2, 0) is 17.9 Å². The first-order chi connectivity index (χ1) is 14.5. The number of hydrogen-bond donors (Lipinski definition) is 8. The number of nitrogens with one attached hydrogen (secondary N) is 3. The highest BCUT2D eigenvalue weighted by Gasteiger charge is 2.25. The first-order valence-corrected chi connectivity index (χ1v) is 10.9. The summed E-state index contributed by atoms with van der Waals surface area (Å²) in [5.74, 6) is 6.12. The first kappa shape index (κ1) is 22.3. The molecule has 0 fully saturated rings. The molecule has 13 N–H and O–H groups in total. The summed E-state index contributed by atoms with van der Waals surface area (Å²) < 4.78 is 15.5. The molecule has 1 atom stereocenters. The highest BCUT2D eigenvalue weighted by atomic mass is 32.2. The summed E-state index contributed by atoms with van der Waals surface area (Å²) in [6.45, 7) is 1.03. The lowest BCUT2D eigenvalue weighted by atomic mass is 9.98. The quantitative estimate of drug-likeness (QED) is 0.0514. The lowest BCUT2D eigenvalue weighted by Crippen LogP contribution is -2.30. The Morgan fingerprint density at radius 2 is 2.07 bits per heavy atom. The van der Waals surface area contributed by atoms with Gasteiger partial charge >= 0.3 is 0 Å². The molecule has 1 aromatic heterocycles. The summed E-state index contributed by atoms with van der Waals surface area (Å²) in [4.78, 5) is 8.61. The molecule has 1 heterocycles. The van der Waals surface area contributed by atoms with Gasteiger partial charge in [0.2, 0.25) is 0 Å². The number of hydrazone groups is 1. The molecule has 3 aromatic rings. The van der Waals surface area contributed by atoms with Gasteiger partial charge in [-0.25, -0.2) is 16.4 Å². The van der Waals surface area contributed by atoms with Gasteiger partial charge in [0.25, 0.3) is 0 Å². The molecule has 0 aliphatic heterocycles. The SMILES string of the molecule is NCCN[S+]([O-])c1ccc(-c2ccc3[nH]c(CN)nc3c2)c(/C(N)=N/NN)c1SN. The maximum Gasteiger partial charge on any atom is 0.189 e. The van der Waals surface area contributed by atoms with Gasteiger partial charge in [-0.15, -0.1) is 9.82 Å². The fourth-order valence-corrected chi connectivity index (χ4v) is 4.81. The Balaban J connectivity index is 2.19. The third kappa shape index (κ3) is 4.53. The molecular weight excluding hydrogens is 424 g/mol. The van der Waals surface area contributed by atoms with E-state index in [1.807, 2.05) is 24.3 Å². The fourth-order valence-electron chi connectivity index (χ4n) is 3.00. The molecule has 0 saturated carbocycles. The van der Waals surface area contributed by atoms with Crippen molar-refractivity contribution in [1.82, 2.24) is 20.2 Å². The third-order valence-electron chi connectivity index (χ3n) is 4.29. The monoisotopic (exact) mass is 448 g/mol. The van der Waals surface area contributed by atoms with Crippen LogP contribution < -0.4 is 38.4 Å². The Morgan fingerprint density at radius 3 is 2.73 bits per heavy atom. The predicted molar refractivity (Wildman–Crippen MR) is 121 cm³/mol. The molecule has 0 amide bonds. The molecule has 0 radical (unpaired) electrons. The zero-order valence-electron chi connectivity index (χ0n) is 16.0. The minimum atomic E-state index is -1.53. The Morgan fingerprint density at radius 1 is 1.27 bits per heavy atom. The zero-order valence-corrected chi connectivity index (χ0v) is 17.6. The van der Waals surface area contributed by atoms with E-state index in [1.54, 1.807) is 6.07 Å². The maximum absolute atomic E-state index is 12.7. The van der Waals surface area contributed by atoms with Crippen molar-refractivity contribution in [3.63, 3.8) is 0 Å². The van der Waals surface area contributed by atoms with Crippen LogP contribution >= 0.6 is 11.9 Å². The average molecular weight is 449 g/mol. The number of H-pyrrole nitrogens is 1. The van der Waals surface area contributed by atoms with Gasteiger partial charge in [-0.1, -0.05) is 6.07 Å². The van der Waals surface area contributed by atoms with Crippen molar-refractivity contribution in [3.05, 3.63) is 41.7 Å². The fraction of sp³-hybridized carbons (Fsp3) is 0.176. The number of hydrazine groups is 1. The van der Waals surface area contributed by atoms with Gasteiger partial charge in [0.05, 0.1) is 40.4 Å². The molecule has 0 aliphatic carbocycles. The van der Waals surface area contributed by atoms with Crippen LogP contribution in [0.5, 0.6) is 0 Å². The standard InChI is InChI=1S/C17H24N10OS2/c18-5-6-23-30(28)13-4-2-10(15(16(13)29-22)17(20)26-27-21)9-1-3-11-12(7-9)25-14(8-19)24-11/h1-4,7,23,27H,5-6,8,18-19,21-22H2,(H2,20,26)(H,24,25). The van der Waals surface area contributed by atoms with Gasteiger partial charge in [-0.05, 0) is 47.3 Å². The number of benzene rings is 2. The lowest BCUT2D eigenvalue weighted by molar-refractivity contribution is 0.579. The number of nitrogens with zero attached hydrogens (tertiary/aromatic N) is 2. The number of aromatic amines is 1.